The van der Waals surface area contributed by atoms with E-state index >= 15 is 0 Å². The first-order chi connectivity index (χ1) is 9.22. The molecular formula is C12H8BrFN4S. The Morgan fingerprint density at radius 1 is 1.32 bits per heavy atom. The standard InChI is InChI=1S/C12H8BrFN4S/c13-9-4-3-8(10(14)6-9)7-18-16-12(15-17-18)11-2-1-5-19-11/h1-6H,7H2. The van der Waals surface area contributed by atoms with Crippen molar-refractivity contribution in [3.05, 3.63) is 51.6 Å². The van der Waals surface area contributed by atoms with Crippen LogP contribution in [0.5, 0.6) is 0 Å². The van der Waals surface area contributed by atoms with E-state index in [4.69, 9.17) is 0 Å². The highest BCUT2D eigenvalue weighted by Gasteiger charge is 2.09. The second-order valence-electron chi connectivity index (χ2n) is 3.86. The van der Waals surface area contributed by atoms with Crippen molar-refractivity contribution in [2.75, 3.05) is 0 Å². The first-order valence-electron chi connectivity index (χ1n) is 5.48. The minimum absolute atomic E-state index is 0.261. The van der Waals surface area contributed by atoms with Crippen LogP contribution in [0.2, 0.25) is 0 Å². The highest BCUT2D eigenvalue weighted by Crippen LogP contribution is 2.20. The van der Waals surface area contributed by atoms with Gasteiger partial charge >= 0.3 is 0 Å². The lowest BCUT2D eigenvalue weighted by molar-refractivity contribution is 0.538. The van der Waals surface area contributed by atoms with Gasteiger partial charge < -0.3 is 0 Å². The van der Waals surface area contributed by atoms with Crippen LogP contribution in [0.3, 0.4) is 0 Å². The van der Waals surface area contributed by atoms with E-state index in [0.29, 0.717) is 15.9 Å². The SMILES string of the molecule is Fc1cc(Br)ccc1Cn1nnc(-c2cccs2)n1. The Morgan fingerprint density at radius 3 is 2.95 bits per heavy atom. The number of tetrazole rings is 1. The number of halogens is 2. The molecule has 0 aliphatic rings. The highest BCUT2D eigenvalue weighted by atomic mass is 79.9. The predicted octanol–water partition coefficient (Wildman–Crippen LogP) is 3.35. The highest BCUT2D eigenvalue weighted by molar-refractivity contribution is 9.10. The Bertz CT molecular complexity index is 696. The number of hydrogen-bond acceptors (Lipinski definition) is 4. The molecule has 2 aromatic heterocycles. The van der Waals surface area contributed by atoms with Crippen LogP contribution < -0.4 is 0 Å². The molecule has 3 rings (SSSR count). The monoisotopic (exact) mass is 338 g/mol. The molecule has 0 saturated carbocycles. The van der Waals surface area contributed by atoms with E-state index in [1.165, 1.54) is 10.9 Å². The fourth-order valence-corrected chi connectivity index (χ4v) is 2.60. The Morgan fingerprint density at radius 2 is 2.21 bits per heavy atom. The van der Waals surface area contributed by atoms with Crippen molar-refractivity contribution in [3.63, 3.8) is 0 Å². The molecule has 3 aromatic rings. The molecule has 0 saturated heterocycles. The molecule has 0 spiro atoms. The van der Waals surface area contributed by atoms with E-state index in [1.54, 1.807) is 23.5 Å². The van der Waals surface area contributed by atoms with Crippen molar-refractivity contribution in [3.8, 4) is 10.7 Å². The third-order valence-electron chi connectivity index (χ3n) is 2.52. The maximum absolute atomic E-state index is 13.7. The van der Waals surface area contributed by atoms with Crippen LogP contribution >= 0.6 is 27.3 Å². The van der Waals surface area contributed by atoms with Crippen molar-refractivity contribution >= 4 is 27.3 Å². The molecule has 1 aromatic carbocycles. The topological polar surface area (TPSA) is 43.6 Å². The molecule has 19 heavy (non-hydrogen) atoms. The Kier molecular flexibility index (Phi) is 3.39. The summed E-state index contributed by atoms with van der Waals surface area (Å²) in [5.41, 5.74) is 0.526. The Labute approximate surface area is 121 Å². The van der Waals surface area contributed by atoms with Crippen molar-refractivity contribution in [2.24, 2.45) is 0 Å². The summed E-state index contributed by atoms with van der Waals surface area (Å²) in [6.45, 7) is 0.261. The van der Waals surface area contributed by atoms with Crippen LogP contribution in [0, 0.1) is 5.82 Å². The third-order valence-corrected chi connectivity index (χ3v) is 3.88. The zero-order valence-corrected chi connectivity index (χ0v) is 12.0. The number of thiophene rings is 1. The van der Waals surface area contributed by atoms with Crippen LogP contribution in [-0.2, 0) is 6.54 Å². The van der Waals surface area contributed by atoms with Crippen LogP contribution in [-0.4, -0.2) is 20.2 Å². The van der Waals surface area contributed by atoms with Gasteiger partial charge in [-0.2, -0.15) is 4.80 Å². The van der Waals surface area contributed by atoms with Gasteiger partial charge in [-0.1, -0.05) is 28.1 Å². The molecule has 0 fully saturated rings. The van der Waals surface area contributed by atoms with Gasteiger partial charge in [0.15, 0.2) is 0 Å². The molecule has 0 amide bonds. The molecule has 0 aliphatic carbocycles. The van der Waals surface area contributed by atoms with E-state index < -0.39 is 0 Å². The second-order valence-corrected chi connectivity index (χ2v) is 5.72. The average Bonchev–Trinajstić information content (AvgIpc) is 3.03. The summed E-state index contributed by atoms with van der Waals surface area (Å²) in [7, 11) is 0. The zero-order chi connectivity index (χ0) is 13.2. The lowest BCUT2D eigenvalue weighted by atomic mass is 10.2. The fourth-order valence-electron chi connectivity index (χ4n) is 1.62. The number of benzene rings is 1. The molecule has 4 nitrogen and oxygen atoms in total. The minimum atomic E-state index is -0.288. The van der Waals surface area contributed by atoms with Crippen LogP contribution in [0.1, 0.15) is 5.56 Å². The van der Waals surface area contributed by atoms with Gasteiger partial charge in [0.05, 0.1) is 11.4 Å². The maximum atomic E-state index is 13.7. The lowest BCUT2D eigenvalue weighted by Crippen LogP contribution is -2.05. The molecule has 96 valence electrons. The number of rotatable bonds is 3. The van der Waals surface area contributed by atoms with Gasteiger partial charge in [-0.25, -0.2) is 4.39 Å². The minimum Gasteiger partial charge on any atom is -0.207 e. The fraction of sp³-hybridized carbons (Fsp3) is 0.0833. The summed E-state index contributed by atoms with van der Waals surface area (Å²) in [5.74, 6) is 0.275. The van der Waals surface area contributed by atoms with Crippen LogP contribution in [0.15, 0.2) is 40.2 Å². The van der Waals surface area contributed by atoms with Gasteiger partial charge in [-0.3, -0.25) is 0 Å². The van der Waals surface area contributed by atoms with Gasteiger partial charge in [0.1, 0.15) is 5.82 Å². The summed E-state index contributed by atoms with van der Waals surface area (Å²) >= 11 is 4.77. The average molecular weight is 339 g/mol. The quantitative estimate of drug-likeness (QED) is 0.735. The van der Waals surface area contributed by atoms with Crippen LogP contribution in [0.4, 0.5) is 4.39 Å². The van der Waals surface area contributed by atoms with E-state index in [2.05, 4.69) is 31.3 Å². The number of nitrogens with zero attached hydrogens (tertiary/aromatic N) is 4. The van der Waals surface area contributed by atoms with E-state index in [0.717, 1.165) is 4.88 Å². The zero-order valence-electron chi connectivity index (χ0n) is 9.62. The molecule has 0 aliphatic heterocycles. The number of aromatic nitrogens is 4. The molecule has 0 unspecified atom stereocenters. The van der Waals surface area contributed by atoms with E-state index in [1.807, 2.05) is 17.5 Å². The molecule has 0 N–H and O–H groups in total. The number of hydrogen-bond donors (Lipinski definition) is 0. The summed E-state index contributed by atoms with van der Waals surface area (Å²) in [4.78, 5) is 2.34. The first kappa shape index (κ1) is 12.4. The van der Waals surface area contributed by atoms with Gasteiger partial charge in [0.2, 0.25) is 5.82 Å². The molecule has 0 atom stereocenters. The van der Waals surface area contributed by atoms with Crippen molar-refractivity contribution < 1.29 is 4.39 Å². The normalized spacial score (nSPS) is 10.8. The van der Waals surface area contributed by atoms with Crippen LogP contribution in [0.25, 0.3) is 10.7 Å². The van der Waals surface area contributed by atoms with Gasteiger partial charge in [0.25, 0.3) is 0 Å². The lowest BCUT2D eigenvalue weighted by Gasteiger charge is -2.01. The summed E-state index contributed by atoms with van der Waals surface area (Å²) in [6.07, 6.45) is 0. The molecule has 2 heterocycles. The maximum Gasteiger partial charge on any atom is 0.214 e. The van der Waals surface area contributed by atoms with Crippen molar-refractivity contribution in [1.29, 1.82) is 0 Å². The second kappa shape index (κ2) is 5.18. The third kappa shape index (κ3) is 2.71. The van der Waals surface area contributed by atoms with Gasteiger partial charge in [0, 0.05) is 10.0 Å². The largest absolute Gasteiger partial charge is 0.214 e. The molecular weight excluding hydrogens is 331 g/mol. The summed E-state index contributed by atoms with van der Waals surface area (Å²) in [5, 5.41) is 14.1. The first-order valence-corrected chi connectivity index (χ1v) is 7.15. The molecule has 0 bridgehead atoms. The van der Waals surface area contributed by atoms with Gasteiger partial charge in [-0.15, -0.1) is 21.5 Å². The molecule has 0 radical (unpaired) electrons. The van der Waals surface area contributed by atoms with Crippen molar-refractivity contribution in [1.82, 2.24) is 20.2 Å². The Hall–Kier alpha value is -1.60. The van der Waals surface area contributed by atoms with E-state index in [9.17, 15) is 4.39 Å². The summed E-state index contributed by atoms with van der Waals surface area (Å²) < 4.78 is 14.4. The van der Waals surface area contributed by atoms with Crippen molar-refractivity contribution in [2.45, 2.75) is 6.54 Å². The van der Waals surface area contributed by atoms with Gasteiger partial charge in [-0.05, 0) is 28.8 Å². The van der Waals surface area contributed by atoms with E-state index in [-0.39, 0.29) is 12.4 Å². The smallest absolute Gasteiger partial charge is 0.207 e. The Balaban J connectivity index is 1.84. The summed E-state index contributed by atoms with van der Waals surface area (Å²) in [6, 6.07) is 8.76. The molecule has 7 heteroatoms. The predicted molar refractivity (Wildman–Crippen MR) is 74.3 cm³/mol.